The number of ether oxygens (including phenoxy) is 2. The molecule has 2 heterocycles. The van der Waals surface area contributed by atoms with Crippen LogP contribution in [-0.2, 0) is 6.42 Å². The van der Waals surface area contributed by atoms with Crippen LogP contribution in [0.5, 0.6) is 46.0 Å². The fourth-order valence-electron chi connectivity index (χ4n) is 5.60. The smallest absolute Gasteiger partial charge is 0.150 e. The molecule has 0 radical (unpaired) electrons. The second-order valence-corrected chi connectivity index (χ2v) is 10.0. The molecule has 0 aromatic heterocycles. The molecule has 0 saturated carbocycles. The number of rotatable bonds is 3. The summed E-state index contributed by atoms with van der Waals surface area (Å²) in [6.45, 7) is 0. The Morgan fingerprint density at radius 1 is 0.575 bits per heavy atom. The average Bonchev–Trinajstić information content (AvgIpc) is 2.91. The van der Waals surface area contributed by atoms with E-state index in [4.69, 9.17) is 9.47 Å². The van der Waals surface area contributed by atoms with Crippen molar-refractivity contribution in [2.45, 2.75) is 36.8 Å². The van der Waals surface area contributed by atoms with Crippen LogP contribution < -0.4 is 9.47 Å². The van der Waals surface area contributed by atoms with E-state index in [1.807, 2.05) is 0 Å². The molecule has 4 aromatic carbocycles. The van der Waals surface area contributed by atoms with Gasteiger partial charge in [0.15, 0.2) is 6.10 Å². The second kappa shape index (κ2) is 9.44. The van der Waals surface area contributed by atoms with Gasteiger partial charge < -0.3 is 50.3 Å². The van der Waals surface area contributed by atoms with Crippen LogP contribution in [0.25, 0.3) is 0 Å². The predicted molar refractivity (Wildman–Crippen MR) is 140 cm³/mol. The highest BCUT2D eigenvalue weighted by molar-refractivity contribution is 5.65. The molecule has 5 unspecified atom stereocenters. The topological polar surface area (TPSA) is 180 Å². The molecule has 0 saturated heterocycles. The number of aromatic hydroxyl groups is 6. The third-order valence-electron chi connectivity index (χ3n) is 7.46. The highest BCUT2D eigenvalue weighted by Gasteiger charge is 2.46. The van der Waals surface area contributed by atoms with Crippen LogP contribution in [0, 0.1) is 0 Å². The average molecular weight is 547 g/mol. The molecule has 0 amide bonds. The van der Waals surface area contributed by atoms with Crippen LogP contribution >= 0.6 is 0 Å². The van der Waals surface area contributed by atoms with E-state index < -0.39 is 41.8 Å². The Kier molecular flexibility index (Phi) is 6.01. The van der Waals surface area contributed by atoms with E-state index in [2.05, 4.69) is 0 Å². The van der Waals surface area contributed by atoms with E-state index in [1.54, 1.807) is 24.3 Å². The third kappa shape index (κ3) is 4.14. The van der Waals surface area contributed by atoms with Gasteiger partial charge in [0.2, 0.25) is 0 Å². The van der Waals surface area contributed by atoms with Gasteiger partial charge in [-0.1, -0.05) is 24.3 Å². The molecule has 8 N–H and O–H groups in total. The number of aliphatic hydroxyl groups excluding tert-OH is 2. The lowest BCUT2D eigenvalue weighted by molar-refractivity contribution is 0.00124. The van der Waals surface area contributed by atoms with Crippen molar-refractivity contribution in [3.8, 4) is 46.0 Å². The van der Waals surface area contributed by atoms with Gasteiger partial charge in [-0.15, -0.1) is 0 Å². The molecule has 40 heavy (non-hydrogen) atoms. The van der Waals surface area contributed by atoms with E-state index >= 15 is 0 Å². The van der Waals surface area contributed by atoms with Gasteiger partial charge in [-0.2, -0.15) is 0 Å². The van der Waals surface area contributed by atoms with Crippen LogP contribution in [0.2, 0.25) is 0 Å². The van der Waals surface area contributed by atoms with Crippen LogP contribution in [0.1, 0.15) is 45.9 Å². The highest BCUT2D eigenvalue weighted by atomic mass is 16.5. The van der Waals surface area contributed by atoms with Crippen LogP contribution in [0.3, 0.4) is 0 Å². The second-order valence-electron chi connectivity index (χ2n) is 10.0. The number of phenolic OH excluding ortho intramolecular Hbond substituents is 6. The molecule has 10 nitrogen and oxygen atoms in total. The number of fused-ring (bicyclic) bond motifs is 2. The zero-order valence-corrected chi connectivity index (χ0v) is 20.8. The molecule has 0 fully saturated rings. The van der Waals surface area contributed by atoms with E-state index in [9.17, 15) is 40.9 Å². The van der Waals surface area contributed by atoms with Gasteiger partial charge in [0.1, 0.15) is 58.2 Å². The van der Waals surface area contributed by atoms with E-state index in [-0.39, 0.29) is 57.6 Å². The first kappa shape index (κ1) is 25.5. The summed E-state index contributed by atoms with van der Waals surface area (Å²) in [6, 6.07) is 15.4. The maximum atomic E-state index is 11.7. The summed E-state index contributed by atoms with van der Waals surface area (Å²) in [7, 11) is 0. The molecular weight excluding hydrogens is 520 g/mol. The Balaban J connectivity index is 1.55. The minimum Gasteiger partial charge on any atom is -0.508 e. The summed E-state index contributed by atoms with van der Waals surface area (Å²) >= 11 is 0. The van der Waals surface area contributed by atoms with Crippen molar-refractivity contribution in [1.29, 1.82) is 0 Å². The van der Waals surface area contributed by atoms with Crippen molar-refractivity contribution in [3.63, 3.8) is 0 Å². The predicted octanol–water partition coefficient (Wildman–Crippen LogP) is 3.58. The summed E-state index contributed by atoms with van der Waals surface area (Å²) in [5.41, 5.74) is 1.28. The number of phenols is 6. The van der Waals surface area contributed by atoms with Gasteiger partial charge in [0.05, 0.1) is 12.0 Å². The standard InChI is InChI=1S/C30H26O10/c31-15-5-1-13(2-6-15)28-22(37)11-18-19(34)12-21(36)25(30(18)40-28)26-24-20(35)9-17(33)10-23(24)39-29(27(26)38)14-3-7-16(32)8-4-14/h1-10,12,22,26-29,31-38H,11H2. The Hall–Kier alpha value is -4.80. The van der Waals surface area contributed by atoms with Crippen molar-refractivity contribution >= 4 is 0 Å². The molecular formula is C30H26O10. The third-order valence-corrected chi connectivity index (χ3v) is 7.46. The first-order valence-electron chi connectivity index (χ1n) is 12.5. The number of benzene rings is 4. The summed E-state index contributed by atoms with van der Waals surface area (Å²) < 4.78 is 12.3. The molecule has 0 aliphatic carbocycles. The minimum atomic E-state index is -1.44. The zero-order valence-electron chi connectivity index (χ0n) is 20.8. The molecule has 0 spiro atoms. The van der Waals surface area contributed by atoms with E-state index in [0.717, 1.165) is 12.1 Å². The Morgan fingerprint density at radius 3 is 1.77 bits per heavy atom. The van der Waals surface area contributed by atoms with Crippen molar-refractivity contribution in [3.05, 3.63) is 94.5 Å². The fraction of sp³-hybridized carbons (Fsp3) is 0.200. The molecule has 206 valence electrons. The van der Waals surface area contributed by atoms with Crippen molar-refractivity contribution in [1.82, 2.24) is 0 Å². The first-order chi connectivity index (χ1) is 19.1. The SMILES string of the molecule is Oc1ccc(C2Oc3c(c(O)cc(O)c3C3c4c(O)cc(O)cc4OC(c4ccc(O)cc4)C3O)CC2O)cc1. The van der Waals surface area contributed by atoms with E-state index in [0.29, 0.717) is 11.1 Å². The van der Waals surface area contributed by atoms with Gasteiger partial charge in [-0.3, -0.25) is 0 Å². The number of hydrogen-bond donors (Lipinski definition) is 8. The van der Waals surface area contributed by atoms with Crippen LogP contribution in [0.15, 0.2) is 66.7 Å². The van der Waals surface area contributed by atoms with Crippen molar-refractivity contribution in [2.75, 3.05) is 0 Å². The molecule has 10 heteroatoms. The van der Waals surface area contributed by atoms with Gasteiger partial charge in [0, 0.05) is 41.3 Å². The van der Waals surface area contributed by atoms with Crippen molar-refractivity contribution in [2.24, 2.45) is 0 Å². The normalized spacial score (nSPS) is 23.4. The quantitative estimate of drug-likeness (QED) is 0.189. The molecule has 0 bridgehead atoms. The summed E-state index contributed by atoms with van der Waals surface area (Å²) in [4.78, 5) is 0. The lowest BCUT2D eigenvalue weighted by atomic mass is 9.77. The lowest BCUT2D eigenvalue weighted by Crippen LogP contribution is -2.36. The minimum absolute atomic E-state index is 0.00114. The Bertz CT molecular complexity index is 1580. The number of hydrogen-bond acceptors (Lipinski definition) is 10. The summed E-state index contributed by atoms with van der Waals surface area (Å²) in [6.07, 6.45) is -4.61. The first-order valence-corrected chi connectivity index (χ1v) is 12.5. The monoisotopic (exact) mass is 546 g/mol. The maximum absolute atomic E-state index is 11.7. The molecule has 2 aliphatic heterocycles. The molecule has 4 aromatic rings. The molecule has 2 aliphatic rings. The van der Waals surface area contributed by atoms with Gasteiger partial charge in [-0.25, -0.2) is 0 Å². The van der Waals surface area contributed by atoms with Gasteiger partial charge >= 0.3 is 0 Å². The van der Waals surface area contributed by atoms with E-state index in [1.165, 1.54) is 30.3 Å². The maximum Gasteiger partial charge on any atom is 0.150 e. The highest BCUT2D eigenvalue weighted by Crippen LogP contribution is 2.57. The fourth-order valence-corrected chi connectivity index (χ4v) is 5.60. The summed E-state index contributed by atoms with van der Waals surface area (Å²) in [5, 5.41) is 85.1. The Labute approximate surface area is 227 Å². The van der Waals surface area contributed by atoms with Crippen molar-refractivity contribution < 1.29 is 50.3 Å². The van der Waals surface area contributed by atoms with Crippen LogP contribution in [-0.4, -0.2) is 53.1 Å². The lowest BCUT2D eigenvalue weighted by Gasteiger charge is -2.40. The number of aliphatic hydroxyl groups is 2. The van der Waals surface area contributed by atoms with Gasteiger partial charge in [0.25, 0.3) is 0 Å². The van der Waals surface area contributed by atoms with Crippen LogP contribution in [0.4, 0.5) is 0 Å². The largest absolute Gasteiger partial charge is 0.508 e. The zero-order chi connectivity index (χ0) is 28.3. The summed E-state index contributed by atoms with van der Waals surface area (Å²) in [5.74, 6) is -2.59. The van der Waals surface area contributed by atoms with Gasteiger partial charge in [-0.05, 0) is 35.4 Å². The molecule has 6 rings (SSSR count). The molecule has 5 atom stereocenters. The Morgan fingerprint density at radius 2 is 1.15 bits per heavy atom.